The number of thiazole rings is 1. The van der Waals surface area contributed by atoms with Crippen molar-refractivity contribution in [2.75, 3.05) is 6.54 Å². The number of nitrogens with zero attached hydrogens (tertiary/aromatic N) is 1. The van der Waals surface area contributed by atoms with Crippen molar-refractivity contribution >= 4 is 11.3 Å². The molecule has 2 rings (SSSR count). The predicted molar refractivity (Wildman–Crippen MR) is 70.9 cm³/mol. The van der Waals surface area contributed by atoms with Gasteiger partial charge in [0, 0.05) is 17.3 Å². The van der Waals surface area contributed by atoms with E-state index in [-0.39, 0.29) is 16.9 Å². The molecule has 2 unspecified atom stereocenters. The molecule has 17 heavy (non-hydrogen) atoms. The fourth-order valence-electron chi connectivity index (χ4n) is 3.15. The first kappa shape index (κ1) is 13.0. The molecule has 0 aromatic carbocycles. The van der Waals surface area contributed by atoms with Gasteiger partial charge in [-0.2, -0.15) is 0 Å². The van der Waals surface area contributed by atoms with Gasteiger partial charge in [0.15, 0.2) is 0 Å². The summed E-state index contributed by atoms with van der Waals surface area (Å²) in [5.41, 5.74) is 8.68. The molecule has 1 saturated carbocycles. The van der Waals surface area contributed by atoms with Crippen LogP contribution in [0.25, 0.3) is 0 Å². The summed E-state index contributed by atoms with van der Waals surface area (Å²) in [6, 6.07) is 0. The van der Waals surface area contributed by atoms with Crippen LogP contribution >= 0.6 is 11.3 Å². The second kappa shape index (κ2) is 4.67. The zero-order valence-electron chi connectivity index (χ0n) is 10.6. The molecular formula is C13H22N2OS. The highest BCUT2D eigenvalue weighted by molar-refractivity contribution is 7.07. The number of aromatic nitrogens is 1. The van der Waals surface area contributed by atoms with E-state index >= 15 is 0 Å². The minimum absolute atomic E-state index is 0.0341. The molecule has 1 fully saturated rings. The van der Waals surface area contributed by atoms with Gasteiger partial charge in [0.2, 0.25) is 0 Å². The summed E-state index contributed by atoms with van der Waals surface area (Å²) in [4.78, 5) is 4.34. The molecule has 2 atom stereocenters. The third-order valence-electron chi connectivity index (χ3n) is 4.24. The lowest BCUT2D eigenvalue weighted by atomic mass is 9.59. The number of aliphatic hydroxyl groups is 1. The lowest BCUT2D eigenvalue weighted by molar-refractivity contribution is -0.0888. The van der Waals surface area contributed by atoms with E-state index in [0.717, 1.165) is 31.4 Å². The van der Waals surface area contributed by atoms with E-state index < -0.39 is 0 Å². The SMILES string of the molecule is CC1(C)CCCC(CN)(Cc2cscn2)C1O. The standard InChI is InChI=1S/C13H22N2OS/c1-12(2)4-3-5-13(8-14,11(12)16)6-10-7-17-9-15-10/h7,9,11,16H,3-6,8,14H2,1-2H3. The topological polar surface area (TPSA) is 59.1 Å². The van der Waals surface area contributed by atoms with E-state index in [0.29, 0.717) is 6.54 Å². The highest BCUT2D eigenvalue weighted by Crippen LogP contribution is 2.47. The summed E-state index contributed by atoms with van der Waals surface area (Å²) >= 11 is 1.60. The molecule has 1 aliphatic rings. The summed E-state index contributed by atoms with van der Waals surface area (Å²) in [6.45, 7) is 4.82. The third-order valence-corrected chi connectivity index (χ3v) is 4.87. The lowest BCUT2D eigenvalue weighted by Gasteiger charge is -2.49. The van der Waals surface area contributed by atoms with Crippen LogP contribution in [0.1, 0.15) is 38.8 Å². The summed E-state index contributed by atoms with van der Waals surface area (Å²) in [7, 11) is 0. The van der Waals surface area contributed by atoms with Gasteiger partial charge in [0.1, 0.15) is 0 Å². The Morgan fingerprint density at radius 1 is 1.53 bits per heavy atom. The van der Waals surface area contributed by atoms with Gasteiger partial charge in [-0.25, -0.2) is 4.98 Å². The van der Waals surface area contributed by atoms with E-state index in [1.165, 1.54) is 0 Å². The van der Waals surface area contributed by atoms with Gasteiger partial charge in [0.05, 0.1) is 17.3 Å². The number of rotatable bonds is 3. The van der Waals surface area contributed by atoms with Crippen LogP contribution in [0.4, 0.5) is 0 Å². The van der Waals surface area contributed by atoms with Crippen LogP contribution in [-0.2, 0) is 6.42 Å². The molecule has 3 N–H and O–H groups in total. The molecule has 0 spiro atoms. The van der Waals surface area contributed by atoms with E-state index in [1.807, 2.05) is 5.51 Å². The summed E-state index contributed by atoms with van der Waals surface area (Å²) in [5, 5.41) is 12.7. The van der Waals surface area contributed by atoms with Crippen molar-refractivity contribution in [1.29, 1.82) is 0 Å². The minimum atomic E-state index is -0.338. The summed E-state index contributed by atoms with van der Waals surface area (Å²) in [6.07, 6.45) is 3.69. The van der Waals surface area contributed by atoms with Crippen LogP contribution in [-0.4, -0.2) is 22.7 Å². The van der Waals surface area contributed by atoms with Gasteiger partial charge in [-0.05, 0) is 24.7 Å². The normalized spacial score (nSPS) is 32.6. The maximum absolute atomic E-state index is 10.6. The number of aliphatic hydroxyl groups excluding tert-OH is 1. The lowest BCUT2D eigenvalue weighted by Crippen LogP contribution is -2.53. The zero-order valence-corrected chi connectivity index (χ0v) is 11.5. The van der Waals surface area contributed by atoms with Gasteiger partial charge >= 0.3 is 0 Å². The fourth-order valence-corrected chi connectivity index (χ4v) is 3.71. The first-order valence-corrected chi connectivity index (χ1v) is 7.20. The Hall–Kier alpha value is -0.450. The second-order valence-corrected chi connectivity index (χ2v) is 6.69. The second-order valence-electron chi connectivity index (χ2n) is 5.97. The monoisotopic (exact) mass is 254 g/mol. The van der Waals surface area contributed by atoms with Crippen LogP contribution in [0.5, 0.6) is 0 Å². The smallest absolute Gasteiger partial charge is 0.0794 e. The van der Waals surface area contributed by atoms with Crippen LogP contribution in [0.2, 0.25) is 0 Å². The van der Waals surface area contributed by atoms with Crippen LogP contribution < -0.4 is 5.73 Å². The molecule has 0 saturated heterocycles. The van der Waals surface area contributed by atoms with Gasteiger partial charge in [-0.15, -0.1) is 11.3 Å². The van der Waals surface area contributed by atoms with E-state index in [2.05, 4.69) is 24.2 Å². The Morgan fingerprint density at radius 2 is 2.29 bits per heavy atom. The van der Waals surface area contributed by atoms with Crippen LogP contribution in [0, 0.1) is 10.8 Å². The third kappa shape index (κ3) is 2.39. The molecule has 0 bridgehead atoms. The number of hydrogen-bond donors (Lipinski definition) is 2. The largest absolute Gasteiger partial charge is 0.392 e. The van der Waals surface area contributed by atoms with E-state index in [9.17, 15) is 5.11 Å². The average Bonchev–Trinajstić information content (AvgIpc) is 2.77. The van der Waals surface area contributed by atoms with Crippen molar-refractivity contribution in [3.63, 3.8) is 0 Å². The van der Waals surface area contributed by atoms with Crippen molar-refractivity contribution in [1.82, 2.24) is 4.98 Å². The van der Waals surface area contributed by atoms with Crippen molar-refractivity contribution in [3.8, 4) is 0 Å². The molecule has 0 radical (unpaired) electrons. The van der Waals surface area contributed by atoms with Gasteiger partial charge in [-0.1, -0.05) is 20.3 Å². The Kier molecular flexibility index (Phi) is 3.57. The van der Waals surface area contributed by atoms with Crippen LogP contribution in [0.15, 0.2) is 10.9 Å². The first-order valence-electron chi connectivity index (χ1n) is 6.25. The molecular weight excluding hydrogens is 232 g/mol. The van der Waals surface area contributed by atoms with Crippen molar-refractivity contribution in [2.24, 2.45) is 16.6 Å². The maximum Gasteiger partial charge on any atom is 0.0794 e. The Balaban J connectivity index is 2.23. The number of hydrogen-bond acceptors (Lipinski definition) is 4. The highest BCUT2D eigenvalue weighted by Gasteiger charge is 2.47. The van der Waals surface area contributed by atoms with Gasteiger partial charge in [0.25, 0.3) is 0 Å². The van der Waals surface area contributed by atoms with Crippen molar-refractivity contribution in [2.45, 2.75) is 45.6 Å². The summed E-state index contributed by atoms with van der Waals surface area (Å²) < 4.78 is 0. The fraction of sp³-hybridized carbons (Fsp3) is 0.769. The molecule has 1 aliphatic carbocycles. The first-order chi connectivity index (χ1) is 8.00. The molecule has 96 valence electrons. The predicted octanol–water partition coefficient (Wildman–Crippen LogP) is 2.20. The molecule has 4 heteroatoms. The Morgan fingerprint density at radius 3 is 2.88 bits per heavy atom. The van der Waals surface area contributed by atoms with Gasteiger partial charge < -0.3 is 10.8 Å². The van der Waals surface area contributed by atoms with Gasteiger partial charge in [-0.3, -0.25) is 0 Å². The van der Waals surface area contributed by atoms with Crippen molar-refractivity contribution < 1.29 is 5.11 Å². The molecule has 0 amide bonds. The van der Waals surface area contributed by atoms with E-state index in [1.54, 1.807) is 11.3 Å². The Bertz CT molecular complexity index is 364. The quantitative estimate of drug-likeness (QED) is 0.869. The number of nitrogens with two attached hydrogens (primary N) is 1. The average molecular weight is 254 g/mol. The molecule has 1 aromatic heterocycles. The molecule has 0 aliphatic heterocycles. The maximum atomic E-state index is 10.6. The zero-order chi connectivity index (χ0) is 12.5. The van der Waals surface area contributed by atoms with Crippen molar-refractivity contribution in [3.05, 3.63) is 16.6 Å². The Labute approximate surface area is 107 Å². The summed E-state index contributed by atoms with van der Waals surface area (Å²) in [5.74, 6) is 0. The minimum Gasteiger partial charge on any atom is -0.392 e. The van der Waals surface area contributed by atoms with Crippen LogP contribution in [0.3, 0.4) is 0 Å². The highest BCUT2D eigenvalue weighted by atomic mass is 32.1. The molecule has 3 nitrogen and oxygen atoms in total. The molecule has 1 aromatic rings. The van der Waals surface area contributed by atoms with E-state index in [4.69, 9.17) is 5.73 Å². The molecule has 1 heterocycles.